The van der Waals surface area contributed by atoms with Gasteiger partial charge < -0.3 is 37.6 Å². The van der Waals surface area contributed by atoms with Gasteiger partial charge in [-0.15, -0.1) is 0 Å². The molecule has 9 N–H and O–H groups in total. The van der Waals surface area contributed by atoms with E-state index in [2.05, 4.69) is 16.0 Å². The molecular weight excluding hydrogens is 458 g/mol. The molecule has 0 bridgehead atoms. The van der Waals surface area contributed by atoms with Gasteiger partial charge >= 0.3 is 5.97 Å². The fraction of sp³-hybridized carbons (Fsp3) is 0.522. The van der Waals surface area contributed by atoms with Crippen molar-refractivity contribution in [3.63, 3.8) is 0 Å². The van der Waals surface area contributed by atoms with Gasteiger partial charge in [0.2, 0.25) is 23.6 Å². The number of carboxylic acid groups (broad SMARTS) is 1. The topological polar surface area (TPSA) is 214 Å². The Morgan fingerprint density at radius 1 is 0.829 bits per heavy atom. The van der Waals surface area contributed by atoms with Crippen LogP contribution in [0, 0.1) is 11.8 Å². The zero-order valence-electron chi connectivity index (χ0n) is 20.3. The van der Waals surface area contributed by atoms with Crippen LogP contribution in [0.25, 0.3) is 0 Å². The van der Waals surface area contributed by atoms with E-state index in [9.17, 15) is 34.2 Å². The molecular formula is C23H35N5O7. The van der Waals surface area contributed by atoms with E-state index in [4.69, 9.17) is 11.5 Å². The quantitative estimate of drug-likeness (QED) is 0.180. The Balaban J connectivity index is 3.18. The van der Waals surface area contributed by atoms with Crippen LogP contribution in [-0.2, 0) is 30.4 Å². The van der Waals surface area contributed by atoms with Gasteiger partial charge in [-0.05, 0) is 29.5 Å². The molecule has 4 atom stereocenters. The van der Waals surface area contributed by atoms with Crippen LogP contribution in [0.15, 0.2) is 24.3 Å². The molecule has 12 heteroatoms. The third-order valence-electron chi connectivity index (χ3n) is 5.30. The largest absolute Gasteiger partial charge is 0.508 e. The summed E-state index contributed by atoms with van der Waals surface area (Å²) >= 11 is 0. The summed E-state index contributed by atoms with van der Waals surface area (Å²) < 4.78 is 0. The summed E-state index contributed by atoms with van der Waals surface area (Å²) in [6.07, 6.45) is -0.606. The van der Waals surface area contributed by atoms with Gasteiger partial charge in [0.05, 0.1) is 12.5 Å². The molecule has 0 saturated carbocycles. The molecule has 0 aromatic heterocycles. The smallest absolute Gasteiger partial charge is 0.326 e. The standard InChI is InChI=1S/C23H35N5O7/c1-11(2)18(25)22(33)27-16(10-17(24)30)20(31)26-15(9-13-5-7-14(29)8-6-13)21(32)28-19(12(3)4)23(34)35/h5-8,11-12,15-16,18-19,29H,9-10,25H2,1-4H3,(H2,24,30)(H,26,31)(H,27,33)(H,28,32)(H,34,35). The van der Waals surface area contributed by atoms with Gasteiger partial charge in [-0.1, -0.05) is 39.8 Å². The summed E-state index contributed by atoms with van der Waals surface area (Å²) in [4.78, 5) is 61.5. The van der Waals surface area contributed by atoms with Crippen LogP contribution >= 0.6 is 0 Å². The summed E-state index contributed by atoms with van der Waals surface area (Å²) in [6.45, 7) is 6.64. The maximum atomic E-state index is 13.0. The van der Waals surface area contributed by atoms with Gasteiger partial charge in [-0.3, -0.25) is 19.2 Å². The fourth-order valence-corrected chi connectivity index (χ4v) is 3.10. The first-order valence-corrected chi connectivity index (χ1v) is 11.2. The number of aliphatic carboxylic acids is 1. The summed E-state index contributed by atoms with van der Waals surface area (Å²) in [5.74, 6) is -5.13. The predicted molar refractivity (Wildman–Crippen MR) is 127 cm³/mol. The number of carbonyl (C=O) groups is 5. The minimum Gasteiger partial charge on any atom is -0.508 e. The summed E-state index contributed by atoms with van der Waals surface area (Å²) in [7, 11) is 0. The average Bonchev–Trinajstić information content (AvgIpc) is 2.76. The van der Waals surface area contributed by atoms with E-state index < -0.39 is 66.1 Å². The van der Waals surface area contributed by atoms with E-state index in [0.29, 0.717) is 5.56 Å². The van der Waals surface area contributed by atoms with Crippen LogP contribution in [-0.4, -0.2) is 64.0 Å². The van der Waals surface area contributed by atoms with Crippen molar-refractivity contribution in [2.45, 2.75) is 64.7 Å². The number of aromatic hydroxyl groups is 1. The Kier molecular flexibility index (Phi) is 11.1. The minimum absolute atomic E-state index is 0.00439. The average molecular weight is 494 g/mol. The molecule has 0 aliphatic heterocycles. The number of primary amides is 1. The normalized spacial score (nSPS) is 14.5. The molecule has 1 rings (SSSR count). The maximum absolute atomic E-state index is 13.0. The number of carboxylic acids is 1. The number of rotatable bonds is 13. The van der Waals surface area contributed by atoms with Crippen LogP contribution in [0.5, 0.6) is 5.75 Å². The molecule has 0 radical (unpaired) electrons. The molecule has 0 saturated heterocycles. The van der Waals surface area contributed by atoms with E-state index in [1.807, 2.05) is 0 Å². The van der Waals surface area contributed by atoms with E-state index in [-0.39, 0.29) is 18.1 Å². The SMILES string of the molecule is CC(C)C(N)C(=O)NC(CC(N)=O)C(=O)NC(Cc1ccc(O)cc1)C(=O)NC(C(=O)O)C(C)C. The second-order valence-electron chi connectivity index (χ2n) is 9.00. The molecule has 4 unspecified atom stereocenters. The fourth-order valence-electron chi connectivity index (χ4n) is 3.10. The molecule has 0 aliphatic rings. The molecule has 0 spiro atoms. The first-order chi connectivity index (χ1) is 16.2. The summed E-state index contributed by atoms with van der Waals surface area (Å²) in [6, 6.07) is 1.02. The number of carbonyl (C=O) groups excluding carboxylic acids is 4. The number of amides is 4. The molecule has 194 valence electrons. The minimum atomic E-state index is -1.40. The van der Waals surface area contributed by atoms with Crippen molar-refractivity contribution in [3.8, 4) is 5.75 Å². The number of hydrogen-bond donors (Lipinski definition) is 7. The van der Waals surface area contributed by atoms with Crippen molar-refractivity contribution in [1.29, 1.82) is 0 Å². The lowest BCUT2D eigenvalue weighted by Gasteiger charge is -2.26. The Morgan fingerprint density at radius 3 is 1.80 bits per heavy atom. The van der Waals surface area contributed by atoms with E-state index in [1.54, 1.807) is 27.7 Å². The Morgan fingerprint density at radius 2 is 1.34 bits per heavy atom. The number of hydrogen-bond acceptors (Lipinski definition) is 7. The van der Waals surface area contributed by atoms with E-state index >= 15 is 0 Å². The highest BCUT2D eigenvalue weighted by atomic mass is 16.4. The van der Waals surface area contributed by atoms with Gasteiger partial charge in [0.1, 0.15) is 23.9 Å². The van der Waals surface area contributed by atoms with E-state index in [1.165, 1.54) is 24.3 Å². The molecule has 1 aromatic carbocycles. The third-order valence-corrected chi connectivity index (χ3v) is 5.30. The Hall–Kier alpha value is -3.67. The zero-order valence-corrected chi connectivity index (χ0v) is 20.3. The lowest BCUT2D eigenvalue weighted by Crippen LogP contribution is -2.59. The molecule has 12 nitrogen and oxygen atoms in total. The number of benzene rings is 1. The lowest BCUT2D eigenvalue weighted by atomic mass is 10.0. The Labute approximate surface area is 203 Å². The Bertz CT molecular complexity index is 917. The van der Waals surface area contributed by atoms with Gasteiger partial charge in [0, 0.05) is 6.42 Å². The monoisotopic (exact) mass is 493 g/mol. The summed E-state index contributed by atoms with van der Waals surface area (Å²) in [5, 5.41) is 26.2. The van der Waals surface area contributed by atoms with Crippen molar-refractivity contribution in [1.82, 2.24) is 16.0 Å². The van der Waals surface area contributed by atoms with Crippen molar-refractivity contribution in [2.24, 2.45) is 23.3 Å². The van der Waals surface area contributed by atoms with Gasteiger partial charge in [-0.25, -0.2) is 4.79 Å². The van der Waals surface area contributed by atoms with Gasteiger partial charge in [0.25, 0.3) is 0 Å². The van der Waals surface area contributed by atoms with Crippen molar-refractivity contribution >= 4 is 29.6 Å². The van der Waals surface area contributed by atoms with Crippen LogP contribution in [0.1, 0.15) is 39.7 Å². The van der Waals surface area contributed by atoms with Crippen LogP contribution in [0.3, 0.4) is 0 Å². The molecule has 0 aliphatic carbocycles. The third kappa shape index (κ3) is 9.61. The molecule has 4 amide bonds. The van der Waals surface area contributed by atoms with Gasteiger partial charge in [-0.2, -0.15) is 0 Å². The second-order valence-corrected chi connectivity index (χ2v) is 9.00. The second kappa shape index (κ2) is 13.3. The van der Waals surface area contributed by atoms with Gasteiger partial charge in [0.15, 0.2) is 0 Å². The van der Waals surface area contributed by atoms with Crippen molar-refractivity contribution in [3.05, 3.63) is 29.8 Å². The van der Waals surface area contributed by atoms with Crippen molar-refractivity contribution < 1.29 is 34.2 Å². The lowest BCUT2D eigenvalue weighted by molar-refractivity contribution is -0.143. The van der Waals surface area contributed by atoms with Crippen LogP contribution in [0.2, 0.25) is 0 Å². The van der Waals surface area contributed by atoms with E-state index in [0.717, 1.165) is 0 Å². The number of nitrogens with one attached hydrogen (secondary N) is 3. The predicted octanol–water partition coefficient (Wildman–Crippen LogP) is -1.01. The highest BCUT2D eigenvalue weighted by Crippen LogP contribution is 2.12. The first kappa shape index (κ1) is 29.4. The number of phenolic OH excluding ortho intramolecular Hbond substituents is 1. The maximum Gasteiger partial charge on any atom is 0.326 e. The number of phenols is 1. The molecule has 0 heterocycles. The summed E-state index contributed by atoms with van der Waals surface area (Å²) in [5.41, 5.74) is 11.6. The highest BCUT2D eigenvalue weighted by Gasteiger charge is 2.32. The van der Waals surface area contributed by atoms with Crippen LogP contribution < -0.4 is 27.4 Å². The first-order valence-electron chi connectivity index (χ1n) is 11.2. The molecule has 1 aromatic rings. The van der Waals surface area contributed by atoms with Crippen molar-refractivity contribution in [2.75, 3.05) is 0 Å². The molecule has 35 heavy (non-hydrogen) atoms. The number of nitrogens with two attached hydrogens (primary N) is 2. The highest BCUT2D eigenvalue weighted by molar-refractivity contribution is 5.96. The zero-order chi connectivity index (χ0) is 26.9. The molecule has 0 fully saturated rings. The van der Waals surface area contributed by atoms with Crippen LogP contribution in [0.4, 0.5) is 0 Å².